The minimum Gasteiger partial charge on any atom is -0.493 e. The Balaban J connectivity index is 1.86. The molecule has 0 aromatic heterocycles. The number of carbonyl (C=O) groups excluding carboxylic acids is 2. The molecule has 6 nitrogen and oxygen atoms in total. The van der Waals surface area contributed by atoms with Crippen molar-refractivity contribution < 1.29 is 23.8 Å². The number of hydrogen-bond acceptors (Lipinski definition) is 5. The smallest absolute Gasteiger partial charge is 0.337 e. The molecule has 1 N–H and O–H groups in total. The summed E-state index contributed by atoms with van der Waals surface area (Å²) < 4.78 is 15.4. The van der Waals surface area contributed by atoms with Crippen LogP contribution in [0.25, 0.3) is 0 Å². The molecule has 0 saturated carbocycles. The van der Waals surface area contributed by atoms with Gasteiger partial charge in [0, 0.05) is 5.69 Å². The minimum absolute atomic E-state index is 0.167. The summed E-state index contributed by atoms with van der Waals surface area (Å²) in [5, 5.41) is 2.72. The van der Waals surface area contributed by atoms with Gasteiger partial charge in [0.15, 0.2) is 11.5 Å². The van der Waals surface area contributed by atoms with E-state index in [2.05, 4.69) is 10.1 Å². The second-order valence-electron chi connectivity index (χ2n) is 4.87. The standard InChI is InChI=1S/C18H19NO5/c1-22-15-8-3-4-9-16(15)24-11-10-17(20)19-14-7-5-6-13(12-14)18(21)23-2/h3-9,12H,10-11H2,1-2H3,(H,19,20). The van der Waals surface area contributed by atoms with E-state index in [1.165, 1.54) is 7.11 Å². The fourth-order valence-electron chi connectivity index (χ4n) is 2.06. The van der Waals surface area contributed by atoms with Crippen LogP contribution in [-0.2, 0) is 9.53 Å². The number of para-hydroxylation sites is 2. The van der Waals surface area contributed by atoms with Crippen molar-refractivity contribution in [2.24, 2.45) is 0 Å². The number of nitrogens with one attached hydrogen (secondary N) is 1. The second-order valence-corrected chi connectivity index (χ2v) is 4.87. The molecule has 0 aliphatic carbocycles. The zero-order valence-electron chi connectivity index (χ0n) is 13.6. The highest BCUT2D eigenvalue weighted by atomic mass is 16.5. The van der Waals surface area contributed by atoms with Crippen LogP contribution in [0.5, 0.6) is 11.5 Å². The zero-order valence-corrected chi connectivity index (χ0v) is 13.6. The van der Waals surface area contributed by atoms with Crippen LogP contribution in [-0.4, -0.2) is 32.7 Å². The van der Waals surface area contributed by atoms with Crippen LogP contribution in [0.1, 0.15) is 16.8 Å². The Morgan fingerprint density at radius 3 is 2.46 bits per heavy atom. The predicted molar refractivity (Wildman–Crippen MR) is 89.5 cm³/mol. The summed E-state index contributed by atoms with van der Waals surface area (Å²) in [4.78, 5) is 23.4. The first-order chi connectivity index (χ1) is 11.6. The lowest BCUT2D eigenvalue weighted by molar-refractivity contribution is -0.116. The van der Waals surface area contributed by atoms with E-state index < -0.39 is 5.97 Å². The van der Waals surface area contributed by atoms with E-state index in [9.17, 15) is 9.59 Å². The van der Waals surface area contributed by atoms with E-state index in [1.54, 1.807) is 43.5 Å². The van der Waals surface area contributed by atoms with Gasteiger partial charge in [0.1, 0.15) is 0 Å². The summed E-state index contributed by atoms with van der Waals surface area (Å²) in [6.45, 7) is 0.211. The van der Waals surface area contributed by atoms with Crippen LogP contribution in [0, 0.1) is 0 Å². The lowest BCUT2D eigenvalue weighted by atomic mass is 10.2. The third kappa shape index (κ3) is 4.74. The highest BCUT2D eigenvalue weighted by Crippen LogP contribution is 2.25. The number of methoxy groups -OCH3 is 2. The van der Waals surface area contributed by atoms with Crippen LogP contribution in [0.2, 0.25) is 0 Å². The highest BCUT2D eigenvalue weighted by Gasteiger charge is 2.09. The molecular formula is C18H19NO5. The van der Waals surface area contributed by atoms with Crippen molar-refractivity contribution in [3.05, 3.63) is 54.1 Å². The lowest BCUT2D eigenvalue weighted by Crippen LogP contribution is -2.15. The van der Waals surface area contributed by atoms with Crippen molar-refractivity contribution in [1.29, 1.82) is 0 Å². The Morgan fingerprint density at radius 1 is 1.00 bits per heavy atom. The van der Waals surface area contributed by atoms with E-state index in [4.69, 9.17) is 9.47 Å². The molecule has 0 atom stereocenters. The first-order valence-corrected chi connectivity index (χ1v) is 7.38. The summed E-state index contributed by atoms with van der Waals surface area (Å²) in [6, 6.07) is 13.8. The first kappa shape index (κ1) is 17.3. The van der Waals surface area contributed by atoms with Gasteiger partial charge in [-0.2, -0.15) is 0 Å². The maximum atomic E-state index is 12.0. The monoisotopic (exact) mass is 329 g/mol. The fraction of sp³-hybridized carbons (Fsp3) is 0.222. The molecule has 0 fully saturated rings. The molecule has 0 saturated heterocycles. The molecule has 0 radical (unpaired) electrons. The van der Waals surface area contributed by atoms with Gasteiger partial charge in [-0.3, -0.25) is 4.79 Å². The number of anilines is 1. The molecule has 0 aliphatic heterocycles. The largest absolute Gasteiger partial charge is 0.493 e. The van der Waals surface area contributed by atoms with Gasteiger partial charge in [-0.1, -0.05) is 18.2 Å². The molecule has 0 aliphatic rings. The number of rotatable bonds is 7. The Bertz CT molecular complexity index is 714. The molecule has 2 rings (SSSR count). The molecule has 0 bridgehead atoms. The van der Waals surface area contributed by atoms with Gasteiger partial charge in [0.25, 0.3) is 0 Å². The first-order valence-electron chi connectivity index (χ1n) is 7.38. The summed E-state index contributed by atoms with van der Waals surface area (Å²) >= 11 is 0. The van der Waals surface area contributed by atoms with Gasteiger partial charge >= 0.3 is 5.97 Å². The average molecular weight is 329 g/mol. The Kier molecular flexibility index (Phi) is 6.19. The van der Waals surface area contributed by atoms with Crippen molar-refractivity contribution in [1.82, 2.24) is 0 Å². The average Bonchev–Trinajstić information content (AvgIpc) is 2.61. The van der Waals surface area contributed by atoms with Gasteiger partial charge in [-0.15, -0.1) is 0 Å². The Labute approximate surface area is 140 Å². The summed E-state index contributed by atoms with van der Waals surface area (Å²) in [5.74, 6) is 0.529. The molecule has 0 unspecified atom stereocenters. The quantitative estimate of drug-likeness (QED) is 0.791. The van der Waals surface area contributed by atoms with E-state index >= 15 is 0 Å². The Hall–Kier alpha value is -3.02. The van der Waals surface area contributed by atoms with Gasteiger partial charge in [0.05, 0.1) is 32.8 Å². The molecule has 126 valence electrons. The lowest BCUT2D eigenvalue weighted by Gasteiger charge is -2.10. The molecule has 2 aromatic carbocycles. The molecule has 2 aromatic rings. The number of carbonyl (C=O) groups is 2. The zero-order chi connectivity index (χ0) is 17.4. The van der Waals surface area contributed by atoms with Crippen LogP contribution in [0.4, 0.5) is 5.69 Å². The molecule has 0 heterocycles. The number of amides is 1. The topological polar surface area (TPSA) is 73.9 Å². The van der Waals surface area contributed by atoms with Crippen molar-refractivity contribution in [3.8, 4) is 11.5 Å². The van der Waals surface area contributed by atoms with Gasteiger partial charge in [-0.25, -0.2) is 4.79 Å². The Morgan fingerprint density at radius 2 is 1.75 bits per heavy atom. The third-order valence-corrected chi connectivity index (χ3v) is 3.22. The van der Waals surface area contributed by atoms with E-state index in [1.807, 2.05) is 12.1 Å². The second kappa shape index (κ2) is 8.57. The van der Waals surface area contributed by atoms with Crippen LogP contribution in [0.3, 0.4) is 0 Å². The van der Waals surface area contributed by atoms with Gasteiger partial charge in [0.2, 0.25) is 5.91 Å². The van der Waals surface area contributed by atoms with Gasteiger partial charge in [-0.05, 0) is 30.3 Å². The highest BCUT2D eigenvalue weighted by molar-refractivity contribution is 5.94. The normalized spacial score (nSPS) is 9.92. The van der Waals surface area contributed by atoms with E-state index in [0.717, 1.165) is 0 Å². The maximum Gasteiger partial charge on any atom is 0.337 e. The SMILES string of the molecule is COC(=O)c1cccc(NC(=O)CCOc2ccccc2OC)c1. The van der Waals surface area contributed by atoms with E-state index in [-0.39, 0.29) is 18.9 Å². The number of ether oxygens (including phenoxy) is 3. The van der Waals surface area contributed by atoms with Crippen molar-refractivity contribution in [2.45, 2.75) is 6.42 Å². The molecule has 0 spiro atoms. The minimum atomic E-state index is -0.453. The van der Waals surface area contributed by atoms with Gasteiger partial charge < -0.3 is 19.5 Å². The number of hydrogen-bond donors (Lipinski definition) is 1. The van der Waals surface area contributed by atoms with Crippen LogP contribution < -0.4 is 14.8 Å². The van der Waals surface area contributed by atoms with Crippen molar-refractivity contribution in [3.63, 3.8) is 0 Å². The summed E-state index contributed by atoms with van der Waals surface area (Å²) in [7, 11) is 2.87. The predicted octanol–water partition coefficient (Wildman–Crippen LogP) is 2.89. The van der Waals surface area contributed by atoms with E-state index in [0.29, 0.717) is 22.7 Å². The molecule has 1 amide bonds. The van der Waals surface area contributed by atoms with Crippen molar-refractivity contribution in [2.75, 3.05) is 26.1 Å². The summed E-state index contributed by atoms with van der Waals surface area (Å²) in [5.41, 5.74) is 0.903. The molecule has 24 heavy (non-hydrogen) atoms. The molecule has 6 heteroatoms. The third-order valence-electron chi connectivity index (χ3n) is 3.22. The maximum absolute atomic E-state index is 12.0. The van der Waals surface area contributed by atoms with Crippen molar-refractivity contribution >= 4 is 17.6 Å². The fourth-order valence-corrected chi connectivity index (χ4v) is 2.06. The summed E-state index contributed by atoms with van der Waals surface area (Å²) in [6.07, 6.45) is 0.167. The van der Waals surface area contributed by atoms with Crippen LogP contribution in [0.15, 0.2) is 48.5 Å². The molecular weight excluding hydrogens is 310 g/mol. The number of benzene rings is 2. The van der Waals surface area contributed by atoms with Crippen LogP contribution >= 0.6 is 0 Å². The number of esters is 1.